The van der Waals surface area contributed by atoms with Gasteiger partial charge in [0, 0.05) is 29.3 Å². The number of pyridine rings is 1. The Morgan fingerprint density at radius 3 is 2.18 bits per heavy atom. The average Bonchev–Trinajstić information content (AvgIpc) is 2.57. The molecule has 0 radical (unpaired) electrons. The fourth-order valence-electron chi connectivity index (χ4n) is 1.92. The Kier molecular flexibility index (Phi) is 2.64. The molecule has 0 aliphatic carbocycles. The number of hydrogen-bond donors (Lipinski definition) is 0. The molecule has 17 heavy (non-hydrogen) atoms. The van der Waals surface area contributed by atoms with Crippen LogP contribution in [0.2, 0.25) is 0 Å². The zero-order valence-electron chi connectivity index (χ0n) is 11.8. The Bertz CT molecular complexity index is 471. The summed E-state index contributed by atoms with van der Waals surface area (Å²) in [5.74, 6) is 0.919. The second-order valence-corrected chi connectivity index (χ2v) is 6.94. The third kappa shape index (κ3) is 2.41. The first-order valence-electron chi connectivity index (χ1n) is 6.25. The van der Waals surface area contributed by atoms with Crippen LogP contribution in [0.5, 0.6) is 0 Å². The van der Waals surface area contributed by atoms with Gasteiger partial charge in [-0.2, -0.15) is 0 Å². The fraction of sp³-hybridized carbons (Fsp3) is 0.600. The number of nitrogens with zero attached hydrogens (tertiary/aromatic N) is 2. The molecule has 0 bridgehead atoms. The van der Waals surface area contributed by atoms with E-state index in [0.29, 0.717) is 0 Å². The van der Waals surface area contributed by atoms with Gasteiger partial charge in [-0.15, -0.1) is 0 Å². The van der Waals surface area contributed by atoms with Crippen molar-refractivity contribution in [2.75, 3.05) is 0 Å². The quantitative estimate of drug-likeness (QED) is 0.660. The second-order valence-electron chi connectivity index (χ2n) is 6.94. The Morgan fingerprint density at radius 1 is 1.00 bits per heavy atom. The summed E-state index contributed by atoms with van der Waals surface area (Å²) in [7, 11) is 0. The molecule has 0 fully saturated rings. The molecule has 1 aliphatic heterocycles. The predicted molar refractivity (Wildman–Crippen MR) is 73.2 cm³/mol. The lowest BCUT2D eigenvalue weighted by Crippen LogP contribution is -2.20. The van der Waals surface area contributed by atoms with E-state index in [1.165, 1.54) is 16.8 Å². The third-order valence-corrected chi connectivity index (χ3v) is 3.27. The zero-order chi connectivity index (χ0) is 12.8. The van der Waals surface area contributed by atoms with E-state index in [1.807, 2.05) is 6.20 Å². The summed E-state index contributed by atoms with van der Waals surface area (Å²) >= 11 is 0. The molecule has 1 aromatic heterocycles. The van der Waals surface area contributed by atoms with Crippen molar-refractivity contribution in [2.45, 2.75) is 53.4 Å². The van der Waals surface area contributed by atoms with Gasteiger partial charge in [0.25, 0.3) is 0 Å². The lowest BCUT2D eigenvalue weighted by molar-refractivity contribution is 0.583. The van der Waals surface area contributed by atoms with Gasteiger partial charge in [0.1, 0.15) is 0 Å². The number of fused-ring (bicyclic) bond motifs is 1. The molecule has 2 heteroatoms. The Morgan fingerprint density at radius 2 is 1.65 bits per heavy atom. The smallest absolute Gasteiger partial charge is 0.155 e. The van der Waals surface area contributed by atoms with Crippen LogP contribution in [0, 0.1) is 5.41 Å². The van der Waals surface area contributed by atoms with Gasteiger partial charge >= 0.3 is 0 Å². The number of aromatic nitrogens is 1. The van der Waals surface area contributed by atoms with Crippen LogP contribution in [0.25, 0.3) is 0 Å². The highest BCUT2D eigenvalue weighted by molar-refractivity contribution is 5.96. The van der Waals surface area contributed by atoms with Crippen molar-refractivity contribution in [2.24, 2.45) is 10.4 Å². The summed E-state index contributed by atoms with van der Waals surface area (Å²) in [6, 6.07) is 2.27. The van der Waals surface area contributed by atoms with E-state index in [0.717, 1.165) is 12.2 Å². The van der Waals surface area contributed by atoms with Crippen LogP contribution in [-0.2, 0) is 11.8 Å². The van der Waals surface area contributed by atoms with Crippen LogP contribution in [0.3, 0.4) is 0 Å². The second kappa shape index (κ2) is 3.66. The molecular weight excluding hydrogens is 208 g/mol. The van der Waals surface area contributed by atoms with Crippen molar-refractivity contribution in [3.63, 3.8) is 0 Å². The first-order chi connectivity index (χ1) is 7.68. The minimum Gasteiger partial charge on any atom is -0.237 e. The molecule has 0 saturated carbocycles. The summed E-state index contributed by atoms with van der Waals surface area (Å²) < 4.78 is 0. The van der Waals surface area contributed by atoms with Crippen molar-refractivity contribution in [1.82, 2.24) is 4.98 Å². The SMILES string of the molecule is CC(C)(C)C1=Nc2ncc(C(C)(C)C)cc2C1. The molecule has 0 unspecified atom stereocenters. The van der Waals surface area contributed by atoms with Crippen LogP contribution >= 0.6 is 0 Å². The van der Waals surface area contributed by atoms with Crippen molar-refractivity contribution in [3.05, 3.63) is 23.4 Å². The molecule has 0 atom stereocenters. The van der Waals surface area contributed by atoms with Gasteiger partial charge in [-0.05, 0) is 17.0 Å². The van der Waals surface area contributed by atoms with Crippen LogP contribution in [0.15, 0.2) is 17.3 Å². The third-order valence-electron chi connectivity index (χ3n) is 3.27. The Hall–Kier alpha value is -1.18. The van der Waals surface area contributed by atoms with Crippen LogP contribution < -0.4 is 0 Å². The molecule has 92 valence electrons. The van der Waals surface area contributed by atoms with Gasteiger partial charge in [-0.3, -0.25) is 0 Å². The standard InChI is InChI=1S/C15H22N2/c1-14(2,3)11-7-10-8-12(15(4,5)6)17-13(10)16-9-11/h7,9H,8H2,1-6H3. The summed E-state index contributed by atoms with van der Waals surface area (Å²) in [6.07, 6.45) is 2.92. The van der Waals surface area contributed by atoms with Crippen LogP contribution in [0.4, 0.5) is 5.82 Å². The lowest BCUT2D eigenvalue weighted by Gasteiger charge is -2.19. The average molecular weight is 230 g/mol. The van der Waals surface area contributed by atoms with Gasteiger partial charge in [-0.1, -0.05) is 41.5 Å². The first-order valence-corrected chi connectivity index (χ1v) is 6.25. The molecule has 1 aromatic rings. The minimum atomic E-state index is 0.141. The highest BCUT2D eigenvalue weighted by Crippen LogP contribution is 2.34. The molecule has 0 spiro atoms. The van der Waals surface area contributed by atoms with Crippen molar-refractivity contribution >= 4 is 11.5 Å². The minimum absolute atomic E-state index is 0.141. The van der Waals surface area contributed by atoms with Gasteiger partial charge < -0.3 is 0 Å². The number of rotatable bonds is 0. The monoisotopic (exact) mass is 230 g/mol. The maximum absolute atomic E-state index is 4.65. The molecule has 2 nitrogen and oxygen atoms in total. The van der Waals surface area contributed by atoms with Crippen molar-refractivity contribution < 1.29 is 0 Å². The summed E-state index contributed by atoms with van der Waals surface area (Å²) in [6.45, 7) is 13.3. The van der Waals surface area contributed by atoms with E-state index in [2.05, 4.69) is 57.6 Å². The molecule has 1 aliphatic rings. The van der Waals surface area contributed by atoms with Crippen molar-refractivity contribution in [1.29, 1.82) is 0 Å². The number of hydrogen-bond acceptors (Lipinski definition) is 2. The molecule has 2 heterocycles. The lowest BCUT2D eigenvalue weighted by atomic mass is 9.85. The van der Waals surface area contributed by atoms with Gasteiger partial charge in [0.15, 0.2) is 5.82 Å². The summed E-state index contributed by atoms with van der Waals surface area (Å²) in [5, 5.41) is 0. The molecule has 0 aromatic carbocycles. The molecular formula is C15H22N2. The van der Waals surface area contributed by atoms with Gasteiger partial charge in [0.2, 0.25) is 0 Å². The highest BCUT2D eigenvalue weighted by Gasteiger charge is 2.27. The summed E-state index contributed by atoms with van der Waals surface area (Å²) in [4.78, 5) is 9.15. The molecule has 2 rings (SSSR count). The molecule has 0 amide bonds. The maximum Gasteiger partial charge on any atom is 0.155 e. The van der Waals surface area contributed by atoms with Crippen molar-refractivity contribution in [3.8, 4) is 0 Å². The van der Waals surface area contributed by atoms with E-state index in [9.17, 15) is 0 Å². The number of aliphatic imine (C=N–C) groups is 1. The maximum atomic E-state index is 4.65. The van der Waals surface area contributed by atoms with Gasteiger partial charge in [-0.25, -0.2) is 9.98 Å². The highest BCUT2D eigenvalue weighted by atomic mass is 14.9. The van der Waals surface area contributed by atoms with E-state index in [1.54, 1.807) is 0 Å². The van der Waals surface area contributed by atoms with E-state index in [4.69, 9.17) is 0 Å². The normalized spacial score (nSPS) is 15.8. The Balaban J connectivity index is 2.35. The van der Waals surface area contributed by atoms with Crippen LogP contribution in [0.1, 0.15) is 52.7 Å². The summed E-state index contributed by atoms with van der Waals surface area (Å²) in [5.41, 5.74) is 4.12. The van der Waals surface area contributed by atoms with E-state index in [-0.39, 0.29) is 10.8 Å². The van der Waals surface area contributed by atoms with E-state index < -0.39 is 0 Å². The first kappa shape index (κ1) is 12.3. The van der Waals surface area contributed by atoms with E-state index >= 15 is 0 Å². The predicted octanol–water partition coefficient (Wildman–Crippen LogP) is 4.05. The fourth-order valence-corrected chi connectivity index (χ4v) is 1.92. The molecule has 0 saturated heterocycles. The largest absolute Gasteiger partial charge is 0.237 e. The van der Waals surface area contributed by atoms with Crippen LogP contribution in [-0.4, -0.2) is 10.7 Å². The molecule has 0 N–H and O–H groups in total. The van der Waals surface area contributed by atoms with Gasteiger partial charge in [0.05, 0.1) is 0 Å². The topological polar surface area (TPSA) is 25.2 Å². The zero-order valence-corrected chi connectivity index (χ0v) is 11.8. The Labute approximate surface area is 104 Å².